The Kier molecular flexibility index (Phi) is 5.93. The molecule has 6 heteroatoms. The van der Waals surface area contributed by atoms with Gasteiger partial charge in [0.2, 0.25) is 0 Å². The minimum atomic E-state index is -4.87. The standard InChI is InChI=1S/C25H24F6/c1-2-3-4-14-5-8-17-15(11-14)6-9-18-19(17)13-22(27)23(24(18)28)16-7-10-20(21(26)12-16)25(29,30)31/h3-4,7,10,12-15,17H,2,5-6,8-9,11H2,1H3/b4-3+/t14-,15-,17+/m1/s1. The zero-order chi connectivity index (χ0) is 22.3. The molecule has 166 valence electrons. The molecule has 2 aromatic carbocycles. The first-order chi connectivity index (χ1) is 14.7. The van der Waals surface area contributed by atoms with Crippen LogP contribution in [0.1, 0.15) is 61.6 Å². The Morgan fingerprint density at radius 2 is 1.77 bits per heavy atom. The zero-order valence-corrected chi connectivity index (χ0v) is 17.2. The molecule has 0 aromatic heterocycles. The van der Waals surface area contributed by atoms with Crippen LogP contribution < -0.4 is 0 Å². The highest BCUT2D eigenvalue weighted by molar-refractivity contribution is 5.68. The maximum absolute atomic E-state index is 15.4. The number of halogens is 6. The van der Waals surface area contributed by atoms with E-state index in [1.807, 2.05) is 0 Å². The van der Waals surface area contributed by atoms with Gasteiger partial charge >= 0.3 is 6.18 Å². The van der Waals surface area contributed by atoms with Crippen molar-refractivity contribution in [2.45, 2.75) is 57.5 Å². The van der Waals surface area contributed by atoms with Crippen LogP contribution in [0.4, 0.5) is 26.3 Å². The van der Waals surface area contributed by atoms with Crippen LogP contribution >= 0.6 is 0 Å². The molecule has 0 N–H and O–H groups in total. The molecule has 1 saturated carbocycles. The summed E-state index contributed by atoms with van der Waals surface area (Å²) in [5.74, 6) is -2.24. The molecule has 2 aliphatic rings. The second-order valence-corrected chi connectivity index (χ2v) is 8.62. The van der Waals surface area contributed by atoms with Gasteiger partial charge in [-0.2, -0.15) is 13.2 Å². The molecule has 0 spiro atoms. The number of rotatable bonds is 3. The summed E-state index contributed by atoms with van der Waals surface area (Å²) in [4.78, 5) is 0. The van der Waals surface area contributed by atoms with Crippen LogP contribution in [0, 0.1) is 29.3 Å². The maximum atomic E-state index is 15.4. The van der Waals surface area contributed by atoms with Crippen LogP contribution in [-0.4, -0.2) is 0 Å². The molecule has 4 rings (SSSR count). The van der Waals surface area contributed by atoms with E-state index in [1.54, 1.807) is 0 Å². The normalized spacial score (nSPS) is 23.6. The highest BCUT2D eigenvalue weighted by atomic mass is 19.4. The van der Waals surface area contributed by atoms with Gasteiger partial charge in [-0.25, -0.2) is 13.2 Å². The van der Waals surface area contributed by atoms with Crippen molar-refractivity contribution in [3.8, 4) is 11.1 Å². The summed E-state index contributed by atoms with van der Waals surface area (Å²) in [5, 5.41) is 0. The fourth-order valence-corrected chi connectivity index (χ4v) is 5.29. The minimum Gasteiger partial charge on any atom is -0.206 e. The zero-order valence-electron chi connectivity index (χ0n) is 17.2. The van der Waals surface area contributed by atoms with Crippen molar-refractivity contribution in [1.82, 2.24) is 0 Å². The molecule has 31 heavy (non-hydrogen) atoms. The third-order valence-electron chi connectivity index (χ3n) is 6.75. The lowest BCUT2D eigenvalue weighted by Gasteiger charge is -2.40. The number of allylic oxidation sites excluding steroid dienone is 2. The molecular weight excluding hydrogens is 414 g/mol. The summed E-state index contributed by atoms with van der Waals surface area (Å²) in [6.45, 7) is 2.09. The van der Waals surface area contributed by atoms with Crippen molar-refractivity contribution in [1.29, 1.82) is 0 Å². The molecule has 0 saturated heterocycles. The Morgan fingerprint density at radius 3 is 2.45 bits per heavy atom. The highest BCUT2D eigenvalue weighted by Gasteiger charge is 2.38. The van der Waals surface area contributed by atoms with Crippen LogP contribution in [0.2, 0.25) is 0 Å². The van der Waals surface area contributed by atoms with Crippen molar-refractivity contribution < 1.29 is 26.3 Å². The van der Waals surface area contributed by atoms with Crippen molar-refractivity contribution in [3.05, 3.63) is 70.6 Å². The van der Waals surface area contributed by atoms with Crippen LogP contribution in [0.5, 0.6) is 0 Å². The molecule has 3 atom stereocenters. The van der Waals surface area contributed by atoms with Crippen molar-refractivity contribution in [3.63, 3.8) is 0 Å². The molecule has 1 fully saturated rings. The predicted molar refractivity (Wildman–Crippen MR) is 108 cm³/mol. The van der Waals surface area contributed by atoms with E-state index in [4.69, 9.17) is 0 Å². The molecule has 2 aromatic rings. The summed E-state index contributed by atoms with van der Waals surface area (Å²) in [6, 6.07) is 3.34. The minimum absolute atomic E-state index is 0.0809. The molecule has 0 bridgehead atoms. The number of benzene rings is 2. The molecular formula is C25H24F6. The number of fused-ring (bicyclic) bond motifs is 3. The lowest BCUT2D eigenvalue weighted by molar-refractivity contribution is -0.139. The van der Waals surface area contributed by atoms with E-state index in [2.05, 4.69) is 19.1 Å². The second kappa shape index (κ2) is 8.36. The van der Waals surface area contributed by atoms with Gasteiger partial charge in [0.1, 0.15) is 17.5 Å². The molecule has 2 aliphatic carbocycles. The third-order valence-corrected chi connectivity index (χ3v) is 6.75. The van der Waals surface area contributed by atoms with E-state index in [-0.39, 0.29) is 11.5 Å². The summed E-state index contributed by atoms with van der Waals surface area (Å²) in [7, 11) is 0. The third kappa shape index (κ3) is 4.13. The van der Waals surface area contributed by atoms with Crippen LogP contribution in [0.25, 0.3) is 11.1 Å². The Hall–Kier alpha value is -2.24. The predicted octanol–water partition coefficient (Wildman–Crippen LogP) is 8.20. The summed E-state index contributed by atoms with van der Waals surface area (Å²) >= 11 is 0. The van der Waals surface area contributed by atoms with E-state index in [9.17, 15) is 22.0 Å². The molecule has 0 aliphatic heterocycles. The maximum Gasteiger partial charge on any atom is 0.419 e. The van der Waals surface area contributed by atoms with Gasteiger partial charge in [-0.05, 0) is 91.2 Å². The second-order valence-electron chi connectivity index (χ2n) is 8.62. The lowest BCUT2D eigenvalue weighted by atomic mass is 9.65. The van der Waals surface area contributed by atoms with E-state index >= 15 is 4.39 Å². The summed E-state index contributed by atoms with van der Waals surface area (Å²) < 4.78 is 82.9. The monoisotopic (exact) mass is 438 g/mol. The van der Waals surface area contributed by atoms with E-state index in [0.717, 1.165) is 38.2 Å². The van der Waals surface area contributed by atoms with E-state index in [0.29, 0.717) is 41.5 Å². The average Bonchev–Trinajstić information content (AvgIpc) is 2.71. The number of alkyl halides is 3. The Morgan fingerprint density at radius 1 is 1.00 bits per heavy atom. The fraction of sp³-hybridized carbons (Fsp3) is 0.440. The number of hydrogen-bond acceptors (Lipinski definition) is 0. The first-order valence-electron chi connectivity index (χ1n) is 10.7. The van der Waals surface area contributed by atoms with Gasteiger partial charge in [-0.1, -0.05) is 25.1 Å². The van der Waals surface area contributed by atoms with E-state index < -0.39 is 34.8 Å². The van der Waals surface area contributed by atoms with Gasteiger partial charge in [0, 0.05) is 0 Å². The summed E-state index contributed by atoms with van der Waals surface area (Å²) in [6.07, 6.45) is 4.57. The average molecular weight is 438 g/mol. The quantitative estimate of drug-likeness (QED) is 0.335. The molecule has 0 amide bonds. The highest BCUT2D eigenvalue weighted by Crippen LogP contribution is 2.49. The van der Waals surface area contributed by atoms with Crippen LogP contribution in [0.3, 0.4) is 0 Å². The lowest BCUT2D eigenvalue weighted by Crippen LogP contribution is -2.28. The molecule has 0 unspecified atom stereocenters. The first kappa shape index (κ1) is 22.0. The van der Waals surface area contributed by atoms with Gasteiger partial charge in [-0.15, -0.1) is 0 Å². The Labute approximate surface area is 178 Å². The Balaban J connectivity index is 1.69. The van der Waals surface area contributed by atoms with Crippen LogP contribution in [-0.2, 0) is 12.6 Å². The van der Waals surface area contributed by atoms with Gasteiger partial charge in [-0.3, -0.25) is 0 Å². The van der Waals surface area contributed by atoms with E-state index in [1.165, 1.54) is 6.07 Å². The SMILES string of the molecule is CC/C=C/[C@@H]1CC[C@@H]2c3cc(F)c(-c4ccc(C(F)(F)F)c(F)c4)c(F)c3CC[C@@H]2C1. The van der Waals surface area contributed by atoms with Crippen molar-refractivity contribution >= 4 is 0 Å². The molecule has 0 nitrogen and oxygen atoms in total. The fourth-order valence-electron chi connectivity index (χ4n) is 5.29. The largest absolute Gasteiger partial charge is 0.419 e. The smallest absolute Gasteiger partial charge is 0.206 e. The van der Waals surface area contributed by atoms with Crippen LogP contribution in [0.15, 0.2) is 36.4 Å². The topological polar surface area (TPSA) is 0 Å². The van der Waals surface area contributed by atoms with Gasteiger partial charge in [0.25, 0.3) is 0 Å². The van der Waals surface area contributed by atoms with Gasteiger partial charge < -0.3 is 0 Å². The molecule has 0 radical (unpaired) electrons. The van der Waals surface area contributed by atoms with Crippen molar-refractivity contribution in [2.24, 2.45) is 11.8 Å². The summed E-state index contributed by atoms with van der Waals surface area (Å²) in [5.41, 5.74) is -1.05. The molecule has 0 heterocycles. The van der Waals surface area contributed by atoms with Gasteiger partial charge in [0.15, 0.2) is 0 Å². The van der Waals surface area contributed by atoms with Gasteiger partial charge in [0.05, 0.1) is 11.1 Å². The Bertz CT molecular complexity index is 1000. The van der Waals surface area contributed by atoms with Crippen molar-refractivity contribution in [2.75, 3.05) is 0 Å². The first-order valence-corrected chi connectivity index (χ1v) is 10.7. The number of hydrogen-bond donors (Lipinski definition) is 0.